The van der Waals surface area contributed by atoms with E-state index in [2.05, 4.69) is 12.0 Å². The standard InChI is InChI=1S/C25H29N3O4/c1-5-7-16-27(3)24(29)19-8-12-20(13-9-19)28-23(17-22(26-28)25(30)32-6-2)18-10-14-21(31-4)15-11-18/h8-15,17H,5-7,16H2,1-4H3. The molecule has 0 saturated heterocycles. The predicted molar refractivity (Wildman–Crippen MR) is 123 cm³/mol. The van der Waals surface area contributed by atoms with Gasteiger partial charge in [0.15, 0.2) is 5.69 Å². The Hall–Kier alpha value is -3.61. The molecule has 7 nitrogen and oxygen atoms in total. The number of nitrogens with zero attached hydrogens (tertiary/aromatic N) is 3. The van der Waals surface area contributed by atoms with E-state index in [1.807, 2.05) is 43.4 Å². The van der Waals surface area contributed by atoms with E-state index in [4.69, 9.17) is 9.47 Å². The smallest absolute Gasteiger partial charge is 0.358 e. The molecule has 3 aromatic rings. The summed E-state index contributed by atoms with van der Waals surface area (Å²) in [4.78, 5) is 26.7. The summed E-state index contributed by atoms with van der Waals surface area (Å²) < 4.78 is 12.1. The number of carbonyl (C=O) groups is 2. The fourth-order valence-corrected chi connectivity index (χ4v) is 3.31. The van der Waals surface area contributed by atoms with E-state index in [9.17, 15) is 9.59 Å². The van der Waals surface area contributed by atoms with Gasteiger partial charge in [-0.3, -0.25) is 4.79 Å². The molecule has 0 radical (unpaired) electrons. The van der Waals surface area contributed by atoms with Crippen LogP contribution in [0.2, 0.25) is 0 Å². The van der Waals surface area contributed by atoms with Gasteiger partial charge in [-0.25, -0.2) is 9.48 Å². The zero-order valence-corrected chi connectivity index (χ0v) is 19.0. The van der Waals surface area contributed by atoms with Gasteiger partial charge in [0.2, 0.25) is 0 Å². The Labute approximate surface area is 188 Å². The van der Waals surface area contributed by atoms with Crippen LogP contribution in [0.5, 0.6) is 5.75 Å². The molecular weight excluding hydrogens is 406 g/mol. The number of amides is 1. The van der Waals surface area contributed by atoms with Crippen LogP contribution in [0.25, 0.3) is 16.9 Å². The van der Waals surface area contributed by atoms with Gasteiger partial charge in [-0.1, -0.05) is 13.3 Å². The molecule has 32 heavy (non-hydrogen) atoms. The molecule has 168 valence electrons. The molecule has 1 amide bonds. The minimum absolute atomic E-state index is 0.0203. The highest BCUT2D eigenvalue weighted by atomic mass is 16.5. The number of benzene rings is 2. The van der Waals surface area contributed by atoms with Crippen LogP contribution < -0.4 is 4.74 Å². The molecule has 0 atom stereocenters. The third-order valence-corrected chi connectivity index (χ3v) is 5.13. The number of unbranched alkanes of at least 4 members (excludes halogenated alkanes) is 1. The summed E-state index contributed by atoms with van der Waals surface area (Å²) in [5, 5.41) is 4.48. The largest absolute Gasteiger partial charge is 0.497 e. The van der Waals surface area contributed by atoms with Crippen molar-refractivity contribution in [1.82, 2.24) is 14.7 Å². The van der Waals surface area contributed by atoms with E-state index in [1.54, 1.807) is 41.8 Å². The van der Waals surface area contributed by atoms with Crippen LogP contribution >= 0.6 is 0 Å². The summed E-state index contributed by atoms with van der Waals surface area (Å²) in [6.07, 6.45) is 2.00. The van der Waals surface area contributed by atoms with Crippen LogP contribution in [0.3, 0.4) is 0 Å². The zero-order chi connectivity index (χ0) is 23.1. The summed E-state index contributed by atoms with van der Waals surface area (Å²) in [6, 6.07) is 16.4. The molecule has 0 saturated carbocycles. The molecule has 0 bridgehead atoms. The van der Waals surface area contributed by atoms with Crippen molar-refractivity contribution in [2.75, 3.05) is 27.3 Å². The average molecular weight is 436 g/mol. The fraction of sp³-hybridized carbons (Fsp3) is 0.320. The highest BCUT2D eigenvalue weighted by Crippen LogP contribution is 2.26. The van der Waals surface area contributed by atoms with Gasteiger partial charge >= 0.3 is 5.97 Å². The number of methoxy groups -OCH3 is 1. The summed E-state index contributed by atoms with van der Waals surface area (Å²) in [5.41, 5.74) is 3.16. The van der Waals surface area contributed by atoms with E-state index >= 15 is 0 Å². The van der Waals surface area contributed by atoms with Crippen molar-refractivity contribution in [3.05, 3.63) is 65.9 Å². The molecule has 3 rings (SSSR count). The first-order valence-corrected chi connectivity index (χ1v) is 10.8. The normalized spacial score (nSPS) is 10.6. The number of hydrogen-bond donors (Lipinski definition) is 0. The third-order valence-electron chi connectivity index (χ3n) is 5.13. The van der Waals surface area contributed by atoms with Gasteiger partial charge in [-0.15, -0.1) is 0 Å². The van der Waals surface area contributed by atoms with Gasteiger partial charge < -0.3 is 14.4 Å². The molecule has 0 spiro atoms. The molecule has 7 heteroatoms. The first kappa shape index (κ1) is 23.1. The van der Waals surface area contributed by atoms with Gasteiger partial charge in [0.25, 0.3) is 5.91 Å². The van der Waals surface area contributed by atoms with Crippen molar-refractivity contribution in [2.24, 2.45) is 0 Å². The Bertz CT molecular complexity index is 1060. The highest BCUT2D eigenvalue weighted by Gasteiger charge is 2.18. The summed E-state index contributed by atoms with van der Waals surface area (Å²) in [7, 11) is 3.42. The fourth-order valence-electron chi connectivity index (χ4n) is 3.31. The second-order valence-electron chi connectivity index (χ2n) is 7.40. The van der Waals surface area contributed by atoms with Crippen LogP contribution in [0, 0.1) is 0 Å². The zero-order valence-electron chi connectivity index (χ0n) is 19.0. The first-order chi connectivity index (χ1) is 15.5. The lowest BCUT2D eigenvalue weighted by atomic mass is 10.1. The van der Waals surface area contributed by atoms with E-state index in [0.717, 1.165) is 42.1 Å². The van der Waals surface area contributed by atoms with Crippen LogP contribution in [0.1, 0.15) is 47.5 Å². The number of ether oxygens (including phenoxy) is 2. The molecule has 0 aliphatic carbocycles. The van der Waals surface area contributed by atoms with Crippen LogP contribution in [0.15, 0.2) is 54.6 Å². The molecule has 0 unspecified atom stereocenters. The maximum atomic E-state index is 12.6. The highest BCUT2D eigenvalue weighted by molar-refractivity contribution is 5.94. The minimum atomic E-state index is -0.481. The van der Waals surface area contributed by atoms with E-state index in [1.165, 1.54) is 0 Å². The maximum Gasteiger partial charge on any atom is 0.358 e. The van der Waals surface area contributed by atoms with Gasteiger partial charge in [0, 0.05) is 24.7 Å². The molecule has 0 aliphatic rings. The molecule has 2 aromatic carbocycles. The van der Waals surface area contributed by atoms with Crippen molar-refractivity contribution in [3.8, 4) is 22.7 Å². The Morgan fingerprint density at radius 3 is 2.31 bits per heavy atom. The third kappa shape index (κ3) is 5.17. The average Bonchev–Trinajstić information content (AvgIpc) is 3.28. The van der Waals surface area contributed by atoms with Crippen LogP contribution in [0.4, 0.5) is 0 Å². The Balaban J connectivity index is 1.96. The van der Waals surface area contributed by atoms with Crippen molar-refractivity contribution in [3.63, 3.8) is 0 Å². The quantitative estimate of drug-likeness (QED) is 0.460. The second-order valence-corrected chi connectivity index (χ2v) is 7.40. The van der Waals surface area contributed by atoms with Gasteiger partial charge in [0.1, 0.15) is 5.75 Å². The van der Waals surface area contributed by atoms with Crippen LogP contribution in [-0.4, -0.2) is 53.9 Å². The lowest BCUT2D eigenvalue weighted by molar-refractivity contribution is 0.0518. The van der Waals surface area contributed by atoms with E-state index in [-0.39, 0.29) is 18.2 Å². The molecule has 1 heterocycles. The molecule has 0 aliphatic heterocycles. The summed E-state index contributed by atoms with van der Waals surface area (Å²) in [6.45, 7) is 4.85. The molecule has 0 N–H and O–H groups in total. The lowest BCUT2D eigenvalue weighted by Gasteiger charge is -2.17. The maximum absolute atomic E-state index is 12.6. The van der Waals surface area contributed by atoms with E-state index in [0.29, 0.717) is 5.56 Å². The minimum Gasteiger partial charge on any atom is -0.497 e. The van der Waals surface area contributed by atoms with Crippen molar-refractivity contribution in [1.29, 1.82) is 0 Å². The van der Waals surface area contributed by atoms with Gasteiger partial charge in [-0.05, 0) is 67.9 Å². The summed E-state index contributed by atoms with van der Waals surface area (Å²) >= 11 is 0. The number of aromatic nitrogens is 2. The van der Waals surface area contributed by atoms with Crippen molar-refractivity contribution < 1.29 is 19.1 Å². The van der Waals surface area contributed by atoms with Gasteiger partial charge in [-0.2, -0.15) is 5.10 Å². The second kappa shape index (κ2) is 10.6. The monoisotopic (exact) mass is 435 g/mol. The molecule has 1 aromatic heterocycles. The molecular formula is C25H29N3O4. The van der Waals surface area contributed by atoms with Gasteiger partial charge in [0.05, 0.1) is 25.1 Å². The van der Waals surface area contributed by atoms with Crippen LogP contribution in [-0.2, 0) is 4.74 Å². The SMILES string of the molecule is CCCCN(C)C(=O)c1ccc(-n2nc(C(=O)OCC)cc2-c2ccc(OC)cc2)cc1. The van der Waals surface area contributed by atoms with Crippen molar-refractivity contribution >= 4 is 11.9 Å². The Morgan fingerprint density at radius 2 is 1.72 bits per heavy atom. The summed E-state index contributed by atoms with van der Waals surface area (Å²) in [5.74, 6) is 0.235. The number of rotatable bonds is 9. The van der Waals surface area contributed by atoms with Crippen molar-refractivity contribution in [2.45, 2.75) is 26.7 Å². The van der Waals surface area contributed by atoms with E-state index < -0.39 is 5.97 Å². The molecule has 0 fully saturated rings. The Kier molecular flexibility index (Phi) is 7.65. The Morgan fingerprint density at radius 1 is 1.03 bits per heavy atom. The number of hydrogen-bond acceptors (Lipinski definition) is 5. The topological polar surface area (TPSA) is 73.7 Å². The lowest BCUT2D eigenvalue weighted by Crippen LogP contribution is -2.27. The number of esters is 1. The predicted octanol–water partition coefficient (Wildman–Crippen LogP) is 4.60. The first-order valence-electron chi connectivity index (χ1n) is 10.8. The number of carbonyl (C=O) groups excluding carboxylic acids is 2.